The maximum absolute atomic E-state index is 6.05. The van der Waals surface area contributed by atoms with E-state index in [0.717, 1.165) is 33.9 Å². The number of rotatable bonds is 1. The van der Waals surface area contributed by atoms with Gasteiger partial charge in [0, 0.05) is 11.4 Å². The summed E-state index contributed by atoms with van der Waals surface area (Å²) in [4.78, 5) is 17.7. The van der Waals surface area contributed by atoms with Crippen LogP contribution in [0.3, 0.4) is 0 Å². The molecule has 2 aromatic heterocycles. The van der Waals surface area contributed by atoms with Crippen LogP contribution in [0.15, 0.2) is 48.5 Å². The Hall–Kier alpha value is -3.74. The van der Waals surface area contributed by atoms with Crippen LogP contribution in [0.25, 0.3) is 11.2 Å². The van der Waals surface area contributed by atoms with Crippen LogP contribution in [-0.4, -0.2) is 19.9 Å². The maximum Gasteiger partial charge on any atom is 0.224 e. The average molecular weight is 355 g/mol. The quantitative estimate of drug-likeness (QED) is 0.423. The standard InChI is InChI=1S/C20H17N7/c1-10-16(25-17-18(21)26-20(22)27-19(17)23-10)15-11-6-2-4-8-13(11)24-14-9-5-3-7-12(14)15/h2-9,15,24H,1H3,(H4,21,22,23,26,27). The van der Waals surface area contributed by atoms with Gasteiger partial charge in [-0.1, -0.05) is 36.4 Å². The summed E-state index contributed by atoms with van der Waals surface area (Å²) in [7, 11) is 0. The van der Waals surface area contributed by atoms with Crippen LogP contribution in [0.2, 0.25) is 0 Å². The number of nitrogens with two attached hydrogens (primary N) is 2. The number of nitrogen functional groups attached to an aromatic ring is 2. The number of nitrogens with one attached hydrogen (secondary N) is 1. The lowest BCUT2D eigenvalue weighted by atomic mass is 9.83. The van der Waals surface area contributed by atoms with Crippen molar-refractivity contribution in [1.29, 1.82) is 0 Å². The Morgan fingerprint density at radius 1 is 0.815 bits per heavy atom. The van der Waals surface area contributed by atoms with Crippen molar-refractivity contribution in [3.8, 4) is 0 Å². The molecule has 5 rings (SSSR count). The highest BCUT2D eigenvalue weighted by molar-refractivity contribution is 5.83. The van der Waals surface area contributed by atoms with Crippen molar-refractivity contribution in [2.45, 2.75) is 12.8 Å². The summed E-state index contributed by atoms with van der Waals surface area (Å²) in [6, 6.07) is 16.5. The van der Waals surface area contributed by atoms with Crippen molar-refractivity contribution < 1.29 is 0 Å². The number of para-hydroxylation sites is 2. The predicted octanol–water partition coefficient (Wildman–Crippen LogP) is 3.13. The molecule has 7 heteroatoms. The zero-order chi connectivity index (χ0) is 18.5. The summed E-state index contributed by atoms with van der Waals surface area (Å²) in [5.74, 6) is 0.272. The molecule has 7 nitrogen and oxygen atoms in total. The van der Waals surface area contributed by atoms with Crippen LogP contribution in [0, 0.1) is 6.92 Å². The van der Waals surface area contributed by atoms with Gasteiger partial charge in [0.05, 0.1) is 17.3 Å². The van der Waals surface area contributed by atoms with E-state index in [1.54, 1.807) is 0 Å². The number of nitrogens with zero attached hydrogens (tertiary/aromatic N) is 4. The van der Waals surface area contributed by atoms with E-state index in [1.165, 1.54) is 0 Å². The van der Waals surface area contributed by atoms with Crippen molar-refractivity contribution >= 4 is 34.3 Å². The summed E-state index contributed by atoms with van der Waals surface area (Å²) in [6.45, 7) is 1.93. The van der Waals surface area contributed by atoms with Gasteiger partial charge in [0.1, 0.15) is 0 Å². The first-order valence-electron chi connectivity index (χ1n) is 8.64. The average Bonchev–Trinajstić information content (AvgIpc) is 2.66. The zero-order valence-electron chi connectivity index (χ0n) is 14.6. The Bertz CT molecular complexity index is 1160. The smallest absolute Gasteiger partial charge is 0.224 e. The third-order valence-electron chi connectivity index (χ3n) is 4.87. The highest BCUT2D eigenvalue weighted by Crippen LogP contribution is 2.44. The van der Waals surface area contributed by atoms with Gasteiger partial charge in [-0.2, -0.15) is 9.97 Å². The third kappa shape index (κ3) is 2.36. The normalized spacial score (nSPS) is 13.1. The monoisotopic (exact) mass is 355 g/mol. The van der Waals surface area contributed by atoms with Crippen LogP contribution in [0.1, 0.15) is 28.4 Å². The minimum absolute atomic E-state index is 0.0625. The van der Waals surface area contributed by atoms with Crippen molar-refractivity contribution in [1.82, 2.24) is 19.9 Å². The second-order valence-electron chi connectivity index (χ2n) is 6.57. The topological polar surface area (TPSA) is 116 Å². The lowest BCUT2D eigenvalue weighted by Gasteiger charge is -2.29. The Labute approximate surface area is 155 Å². The lowest BCUT2D eigenvalue weighted by molar-refractivity contribution is 0.883. The highest BCUT2D eigenvalue weighted by Gasteiger charge is 2.29. The van der Waals surface area contributed by atoms with E-state index in [4.69, 9.17) is 16.5 Å². The van der Waals surface area contributed by atoms with Gasteiger partial charge in [0.15, 0.2) is 17.0 Å². The molecule has 2 aromatic carbocycles. The molecule has 0 atom stereocenters. The second-order valence-corrected chi connectivity index (χ2v) is 6.57. The first kappa shape index (κ1) is 15.5. The molecule has 0 spiro atoms. The molecule has 0 radical (unpaired) electrons. The molecule has 3 heterocycles. The van der Waals surface area contributed by atoms with Crippen molar-refractivity contribution in [3.63, 3.8) is 0 Å². The first-order chi connectivity index (χ1) is 13.1. The molecule has 27 heavy (non-hydrogen) atoms. The minimum Gasteiger partial charge on any atom is -0.382 e. The summed E-state index contributed by atoms with van der Waals surface area (Å²) < 4.78 is 0. The Balaban J connectivity index is 1.81. The fraction of sp³-hybridized carbons (Fsp3) is 0.100. The van der Waals surface area contributed by atoms with Gasteiger partial charge < -0.3 is 16.8 Å². The number of hydrogen-bond donors (Lipinski definition) is 3. The number of hydrogen-bond acceptors (Lipinski definition) is 7. The molecule has 5 N–H and O–H groups in total. The SMILES string of the molecule is Cc1nc2nc(N)nc(N)c2nc1C1c2ccccc2Nc2ccccc21. The molecule has 1 aliphatic rings. The molecule has 0 saturated carbocycles. The number of benzene rings is 2. The number of aryl methyl sites for hydroxylation is 1. The summed E-state index contributed by atoms with van der Waals surface area (Å²) in [5.41, 5.74) is 18.7. The first-order valence-corrected chi connectivity index (χ1v) is 8.64. The summed E-state index contributed by atoms with van der Waals surface area (Å²) in [5, 5.41) is 3.50. The molecule has 0 amide bonds. The van der Waals surface area contributed by atoms with E-state index in [-0.39, 0.29) is 17.7 Å². The predicted molar refractivity (Wildman–Crippen MR) is 106 cm³/mol. The highest BCUT2D eigenvalue weighted by atomic mass is 15.1. The lowest BCUT2D eigenvalue weighted by Crippen LogP contribution is -2.17. The van der Waals surface area contributed by atoms with Crippen molar-refractivity contribution in [2.24, 2.45) is 0 Å². The van der Waals surface area contributed by atoms with Crippen molar-refractivity contribution in [3.05, 3.63) is 71.0 Å². The van der Waals surface area contributed by atoms with Gasteiger partial charge in [-0.25, -0.2) is 9.97 Å². The summed E-state index contributed by atoms with van der Waals surface area (Å²) in [6.07, 6.45) is 0. The fourth-order valence-electron chi connectivity index (χ4n) is 3.69. The molecule has 0 saturated heterocycles. The Kier molecular flexibility index (Phi) is 3.24. The molecule has 132 valence electrons. The maximum atomic E-state index is 6.05. The number of fused-ring (bicyclic) bond motifs is 3. The van der Waals surface area contributed by atoms with E-state index in [2.05, 4.69) is 44.5 Å². The van der Waals surface area contributed by atoms with Gasteiger partial charge in [0.25, 0.3) is 0 Å². The van der Waals surface area contributed by atoms with Gasteiger partial charge in [-0.3, -0.25) is 0 Å². The fourth-order valence-corrected chi connectivity index (χ4v) is 3.69. The van der Waals surface area contributed by atoms with Gasteiger partial charge in [-0.05, 0) is 30.2 Å². The van der Waals surface area contributed by atoms with E-state index in [1.807, 2.05) is 31.2 Å². The van der Waals surface area contributed by atoms with Crippen LogP contribution < -0.4 is 16.8 Å². The molecule has 0 aliphatic carbocycles. The number of anilines is 4. The van der Waals surface area contributed by atoms with Gasteiger partial charge >= 0.3 is 0 Å². The minimum atomic E-state index is -0.0625. The molecule has 0 unspecified atom stereocenters. The summed E-state index contributed by atoms with van der Waals surface area (Å²) >= 11 is 0. The van der Waals surface area contributed by atoms with Crippen LogP contribution in [0.5, 0.6) is 0 Å². The molecule has 4 aromatic rings. The molecule has 0 fully saturated rings. The van der Waals surface area contributed by atoms with Gasteiger partial charge in [-0.15, -0.1) is 0 Å². The number of aromatic nitrogens is 4. The van der Waals surface area contributed by atoms with E-state index >= 15 is 0 Å². The van der Waals surface area contributed by atoms with Gasteiger partial charge in [0.2, 0.25) is 5.95 Å². The van der Waals surface area contributed by atoms with Crippen LogP contribution in [0.4, 0.5) is 23.1 Å². The van der Waals surface area contributed by atoms with Crippen LogP contribution in [-0.2, 0) is 0 Å². The third-order valence-corrected chi connectivity index (χ3v) is 4.87. The second kappa shape index (κ2) is 5.63. The Morgan fingerprint density at radius 2 is 1.44 bits per heavy atom. The van der Waals surface area contributed by atoms with E-state index in [0.29, 0.717) is 11.2 Å². The van der Waals surface area contributed by atoms with Crippen LogP contribution >= 0.6 is 0 Å². The van der Waals surface area contributed by atoms with E-state index in [9.17, 15) is 0 Å². The Morgan fingerprint density at radius 3 is 2.11 bits per heavy atom. The van der Waals surface area contributed by atoms with E-state index < -0.39 is 0 Å². The molecular formula is C20H17N7. The zero-order valence-corrected chi connectivity index (χ0v) is 14.6. The molecule has 0 bridgehead atoms. The molecule has 1 aliphatic heterocycles. The largest absolute Gasteiger partial charge is 0.382 e. The molecular weight excluding hydrogens is 338 g/mol. The van der Waals surface area contributed by atoms with Crippen molar-refractivity contribution in [2.75, 3.05) is 16.8 Å².